The molecular formula is C21H32N2O3S. The normalized spacial score (nSPS) is 17.2. The van der Waals surface area contributed by atoms with Crippen molar-refractivity contribution in [3.8, 4) is 0 Å². The van der Waals surface area contributed by atoms with Gasteiger partial charge >= 0.3 is 0 Å². The molecule has 1 N–H and O–H groups in total. The minimum absolute atomic E-state index is 0.0265. The fourth-order valence-electron chi connectivity index (χ4n) is 3.41. The minimum Gasteiger partial charge on any atom is -0.338 e. The number of nitrogens with one attached hydrogen (secondary N) is 1. The highest BCUT2D eigenvalue weighted by molar-refractivity contribution is 7.92. The van der Waals surface area contributed by atoms with Crippen LogP contribution < -0.4 is 4.72 Å². The molecule has 0 radical (unpaired) electrons. The molecule has 1 atom stereocenters. The van der Waals surface area contributed by atoms with Gasteiger partial charge in [-0.2, -0.15) is 0 Å². The number of benzene rings is 1. The lowest BCUT2D eigenvalue weighted by atomic mass is 10.0. The van der Waals surface area contributed by atoms with Gasteiger partial charge in [0.1, 0.15) is 0 Å². The molecule has 1 fully saturated rings. The predicted molar refractivity (Wildman–Crippen MR) is 110 cm³/mol. The summed E-state index contributed by atoms with van der Waals surface area (Å²) < 4.78 is 25.4. The SMILES string of the molecule is C=CS(=O)(=O)NCC1CCN(C(=O)c2ccc(CCCCCCC)cc2)C1. The minimum atomic E-state index is -3.40. The highest BCUT2D eigenvalue weighted by Crippen LogP contribution is 2.19. The summed E-state index contributed by atoms with van der Waals surface area (Å²) in [7, 11) is -3.40. The molecule has 6 heteroatoms. The van der Waals surface area contributed by atoms with Gasteiger partial charge in [-0.05, 0) is 42.9 Å². The summed E-state index contributed by atoms with van der Waals surface area (Å²) in [4.78, 5) is 14.5. The van der Waals surface area contributed by atoms with Gasteiger partial charge in [0.05, 0.1) is 0 Å². The maximum absolute atomic E-state index is 12.7. The molecule has 0 spiro atoms. The van der Waals surface area contributed by atoms with Crippen LogP contribution in [0.25, 0.3) is 0 Å². The van der Waals surface area contributed by atoms with Crippen molar-refractivity contribution >= 4 is 15.9 Å². The molecule has 1 amide bonds. The van der Waals surface area contributed by atoms with E-state index in [1.807, 2.05) is 17.0 Å². The fourth-order valence-corrected chi connectivity index (χ4v) is 3.99. The summed E-state index contributed by atoms with van der Waals surface area (Å²) in [6.45, 7) is 7.09. The van der Waals surface area contributed by atoms with E-state index in [-0.39, 0.29) is 11.8 Å². The lowest BCUT2D eigenvalue weighted by Gasteiger charge is -2.17. The first-order chi connectivity index (χ1) is 12.9. The van der Waals surface area contributed by atoms with Crippen LogP contribution in [0.3, 0.4) is 0 Å². The third kappa shape index (κ3) is 7.11. The Morgan fingerprint density at radius 3 is 2.59 bits per heavy atom. The Kier molecular flexibility index (Phi) is 8.51. The molecule has 1 saturated heterocycles. The molecular weight excluding hydrogens is 360 g/mol. The van der Waals surface area contributed by atoms with E-state index in [0.29, 0.717) is 25.2 Å². The summed E-state index contributed by atoms with van der Waals surface area (Å²) in [6.07, 6.45) is 8.19. The first-order valence-electron chi connectivity index (χ1n) is 9.95. The van der Waals surface area contributed by atoms with E-state index in [4.69, 9.17) is 0 Å². The maximum atomic E-state index is 12.7. The molecule has 0 saturated carbocycles. The van der Waals surface area contributed by atoms with Crippen LogP contribution >= 0.6 is 0 Å². The van der Waals surface area contributed by atoms with E-state index >= 15 is 0 Å². The van der Waals surface area contributed by atoms with Crippen molar-refractivity contribution in [1.29, 1.82) is 0 Å². The average Bonchev–Trinajstić information content (AvgIpc) is 3.15. The second-order valence-corrected chi connectivity index (χ2v) is 9.04. The number of nitrogens with zero attached hydrogens (tertiary/aromatic N) is 1. The zero-order valence-corrected chi connectivity index (χ0v) is 17.1. The van der Waals surface area contributed by atoms with Crippen LogP contribution in [0.1, 0.15) is 61.4 Å². The third-order valence-corrected chi connectivity index (χ3v) is 6.14. The topological polar surface area (TPSA) is 66.5 Å². The van der Waals surface area contributed by atoms with Gasteiger partial charge < -0.3 is 4.90 Å². The Balaban J connectivity index is 1.79. The van der Waals surface area contributed by atoms with Crippen molar-refractivity contribution in [2.75, 3.05) is 19.6 Å². The highest BCUT2D eigenvalue weighted by Gasteiger charge is 2.27. The summed E-state index contributed by atoms with van der Waals surface area (Å²) in [6, 6.07) is 7.94. The molecule has 1 unspecified atom stereocenters. The van der Waals surface area contributed by atoms with Gasteiger partial charge in [0.25, 0.3) is 5.91 Å². The monoisotopic (exact) mass is 392 g/mol. The van der Waals surface area contributed by atoms with E-state index in [1.54, 1.807) is 0 Å². The number of aryl methyl sites for hydroxylation is 1. The number of rotatable bonds is 11. The Morgan fingerprint density at radius 2 is 1.93 bits per heavy atom. The lowest BCUT2D eigenvalue weighted by Crippen LogP contribution is -2.32. The summed E-state index contributed by atoms with van der Waals surface area (Å²) in [5.74, 6) is 0.171. The van der Waals surface area contributed by atoms with Crippen LogP contribution in [-0.4, -0.2) is 38.9 Å². The Hall–Kier alpha value is -1.66. The van der Waals surface area contributed by atoms with Crippen molar-refractivity contribution in [2.24, 2.45) is 5.92 Å². The van der Waals surface area contributed by atoms with Crippen molar-refractivity contribution < 1.29 is 13.2 Å². The van der Waals surface area contributed by atoms with Gasteiger partial charge in [0.2, 0.25) is 10.0 Å². The van der Waals surface area contributed by atoms with Crippen LogP contribution in [0.5, 0.6) is 0 Å². The number of sulfonamides is 1. The lowest BCUT2D eigenvalue weighted by molar-refractivity contribution is 0.0787. The molecule has 1 aliphatic heterocycles. The van der Waals surface area contributed by atoms with Crippen LogP contribution in [0.15, 0.2) is 36.3 Å². The predicted octanol–water partition coefficient (Wildman–Crippen LogP) is 3.72. The van der Waals surface area contributed by atoms with Crippen LogP contribution in [0.4, 0.5) is 0 Å². The zero-order chi connectivity index (χ0) is 19.7. The highest BCUT2D eigenvalue weighted by atomic mass is 32.2. The van der Waals surface area contributed by atoms with Gasteiger partial charge in [-0.1, -0.05) is 51.3 Å². The first kappa shape index (κ1) is 21.6. The number of hydrogen-bond donors (Lipinski definition) is 1. The van der Waals surface area contributed by atoms with Crippen LogP contribution in [0, 0.1) is 5.92 Å². The van der Waals surface area contributed by atoms with E-state index in [0.717, 1.165) is 18.2 Å². The molecule has 0 aliphatic carbocycles. The van der Waals surface area contributed by atoms with E-state index in [1.165, 1.54) is 37.7 Å². The molecule has 2 rings (SSSR count). The van der Waals surface area contributed by atoms with Crippen LogP contribution in [-0.2, 0) is 16.4 Å². The fraction of sp³-hybridized carbons (Fsp3) is 0.571. The second-order valence-electron chi connectivity index (χ2n) is 7.33. The zero-order valence-electron chi connectivity index (χ0n) is 16.3. The molecule has 5 nitrogen and oxygen atoms in total. The first-order valence-corrected chi connectivity index (χ1v) is 11.5. The van der Waals surface area contributed by atoms with Crippen molar-refractivity contribution in [3.05, 3.63) is 47.4 Å². The number of amides is 1. The third-order valence-electron chi connectivity index (χ3n) is 5.14. The average molecular weight is 393 g/mol. The summed E-state index contributed by atoms with van der Waals surface area (Å²) >= 11 is 0. The largest absolute Gasteiger partial charge is 0.338 e. The van der Waals surface area contributed by atoms with Gasteiger partial charge in [-0.25, -0.2) is 13.1 Å². The summed E-state index contributed by atoms with van der Waals surface area (Å²) in [5.41, 5.74) is 1.98. The molecule has 1 aliphatic rings. The number of carbonyl (C=O) groups is 1. The van der Waals surface area contributed by atoms with Gasteiger partial charge in [-0.15, -0.1) is 0 Å². The molecule has 0 aromatic heterocycles. The van der Waals surface area contributed by atoms with Gasteiger partial charge in [0, 0.05) is 30.6 Å². The smallest absolute Gasteiger partial charge is 0.253 e. The molecule has 1 heterocycles. The van der Waals surface area contributed by atoms with Crippen molar-refractivity contribution in [2.45, 2.75) is 51.9 Å². The molecule has 1 aromatic carbocycles. The molecule has 150 valence electrons. The second kappa shape index (κ2) is 10.6. The van der Waals surface area contributed by atoms with E-state index in [2.05, 4.69) is 30.4 Å². The van der Waals surface area contributed by atoms with Gasteiger partial charge in [0.15, 0.2) is 0 Å². The quantitative estimate of drug-likeness (QED) is 0.584. The number of carbonyl (C=O) groups excluding carboxylic acids is 1. The van der Waals surface area contributed by atoms with E-state index < -0.39 is 10.0 Å². The maximum Gasteiger partial charge on any atom is 0.253 e. The Bertz CT molecular complexity index is 713. The van der Waals surface area contributed by atoms with E-state index in [9.17, 15) is 13.2 Å². The molecule has 27 heavy (non-hydrogen) atoms. The Labute approximate surface area is 163 Å². The Morgan fingerprint density at radius 1 is 1.22 bits per heavy atom. The van der Waals surface area contributed by atoms with Gasteiger partial charge in [-0.3, -0.25) is 4.79 Å². The van der Waals surface area contributed by atoms with Crippen molar-refractivity contribution in [1.82, 2.24) is 9.62 Å². The standard InChI is InChI=1S/C21H32N2O3S/c1-3-5-6-7-8-9-18-10-12-20(13-11-18)21(24)23-15-14-19(17-23)16-22-27(25,26)4-2/h4,10-13,19,22H,2-3,5-9,14-17H2,1H3. The number of unbranched alkanes of at least 4 members (excludes halogenated alkanes) is 4. The molecule has 1 aromatic rings. The van der Waals surface area contributed by atoms with Crippen LogP contribution in [0.2, 0.25) is 0 Å². The summed E-state index contributed by atoms with van der Waals surface area (Å²) in [5, 5.41) is 0.913. The number of likely N-dealkylation sites (tertiary alicyclic amines) is 1. The number of hydrogen-bond acceptors (Lipinski definition) is 3. The van der Waals surface area contributed by atoms with Crippen molar-refractivity contribution in [3.63, 3.8) is 0 Å². The molecule has 0 bridgehead atoms.